The van der Waals surface area contributed by atoms with Gasteiger partial charge in [-0.1, -0.05) is 27.2 Å². The number of aliphatic hydroxyl groups is 3. The Morgan fingerprint density at radius 2 is 1.77 bits per heavy atom. The molecule has 0 spiro atoms. The molecule has 3 aliphatic carbocycles. The highest BCUT2D eigenvalue weighted by molar-refractivity contribution is 6.25. The molecule has 4 atom stereocenters. The number of aliphatic hydroxyl groups excluding tert-OH is 2. The van der Waals surface area contributed by atoms with Gasteiger partial charge in [0.1, 0.15) is 22.8 Å². The molecule has 13 nitrogen and oxygen atoms in total. The lowest BCUT2D eigenvalue weighted by Crippen LogP contribution is -2.72. The number of unbranched alkanes of at least 4 members (excludes halogenated alkanes) is 1. The number of nitrogens with two attached hydrogens (primary N) is 1. The number of carbonyl (C=O) groups is 4. The molecule has 0 aliphatic heterocycles. The van der Waals surface area contributed by atoms with Crippen molar-refractivity contribution in [3.05, 3.63) is 39.7 Å². The van der Waals surface area contributed by atoms with E-state index in [-0.39, 0.29) is 48.4 Å². The Bertz CT molecular complexity index is 1510. The number of primary amides is 1. The fourth-order valence-corrected chi connectivity index (χ4v) is 7.49. The molecule has 7 N–H and O–H groups in total. The molecule has 240 valence electrons. The summed E-state index contributed by atoms with van der Waals surface area (Å²) in [6.45, 7) is 5.24. The van der Waals surface area contributed by atoms with Crippen molar-refractivity contribution in [3.63, 3.8) is 0 Å². The SMILES string of the molecule is CCCCOC(=O)NCc1cc(N(C)C)c2c(c1O)C(O)=C1C(=O)[C@]3(O)C(O)=C(C(N)=O)C(=O)[C@@H](N(C)C)[C@]3(C)C[C@]1(C)C2. The van der Waals surface area contributed by atoms with E-state index in [1.54, 1.807) is 46.1 Å². The first-order chi connectivity index (χ1) is 20.4. The molecule has 1 aromatic carbocycles. The summed E-state index contributed by atoms with van der Waals surface area (Å²) >= 11 is 0. The van der Waals surface area contributed by atoms with Crippen molar-refractivity contribution in [3.8, 4) is 5.75 Å². The van der Waals surface area contributed by atoms with E-state index in [1.165, 1.54) is 11.8 Å². The summed E-state index contributed by atoms with van der Waals surface area (Å²) in [4.78, 5) is 55.7. The predicted molar refractivity (Wildman–Crippen MR) is 161 cm³/mol. The van der Waals surface area contributed by atoms with Crippen LogP contribution in [0.5, 0.6) is 5.75 Å². The smallest absolute Gasteiger partial charge is 0.407 e. The van der Waals surface area contributed by atoms with Crippen LogP contribution in [0.2, 0.25) is 0 Å². The van der Waals surface area contributed by atoms with Crippen molar-refractivity contribution < 1.29 is 44.3 Å². The second kappa shape index (κ2) is 11.1. The van der Waals surface area contributed by atoms with E-state index in [1.807, 2.05) is 6.92 Å². The molecular formula is C31H42N4O9. The predicted octanol–water partition coefficient (Wildman–Crippen LogP) is 1.84. The lowest BCUT2D eigenvalue weighted by molar-refractivity contribution is -0.175. The van der Waals surface area contributed by atoms with Gasteiger partial charge in [-0.15, -0.1) is 0 Å². The number of hydrogen-bond donors (Lipinski definition) is 6. The number of aromatic hydroxyl groups is 1. The molecule has 1 fully saturated rings. The van der Waals surface area contributed by atoms with Gasteiger partial charge in [0.2, 0.25) is 5.78 Å². The largest absolute Gasteiger partial charge is 0.508 e. The van der Waals surface area contributed by atoms with Crippen LogP contribution in [-0.2, 0) is 32.1 Å². The van der Waals surface area contributed by atoms with Gasteiger partial charge in [-0.2, -0.15) is 0 Å². The minimum atomic E-state index is -2.80. The van der Waals surface area contributed by atoms with Crippen molar-refractivity contribution in [2.75, 3.05) is 39.7 Å². The number of alkyl carbamates (subject to hydrolysis) is 1. The number of ketones is 2. The Labute approximate surface area is 256 Å². The van der Waals surface area contributed by atoms with Crippen LogP contribution in [0.4, 0.5) is 10.5 Å². The van der Waals surface area contributed by atoms with E-state index in [9.17, 15) is 39.6 Å². The molecule has 3 aliphatic rings. The first kappa shape index (κ1) is 32.8. The summed E-state index contributed by atoms with van der Waals surface area (Å²) in [5.41, 5.74) is -0.0819. The van der Waals surface area contributed by atoms with Crippen LogP contribution >= 0.6 is 0 Å². The van der Waals surface area contributed by atoms with Crippen LogP contribution in [0.15, 0.2) is 23.0 Å². The van der Waals surface area contributed by atoms with Crippen LogP contribution in [0.25, 0.3) is 5.76 Å². The minimum Gasteiger partial charge on any atom is -0.508 e. The molecule has 0 saturated heterocycles. The molecule has 0 unspecified atom stereocenters. The monoisotopic (exact) mass is 614 g/mol. The summed E-state index contributed by atoms with van der Waals surface area (Å²) in [5.74, 6) is -5.40. The standard InChI is InChI=1S/C31H42N4O9/c1-8-9-10-44-28(42)33-13-15-11-17(34(4)5)16-12-29(2)14-30(3)24(35(6)7)23(38)19(27(32)41)25(39)31(30,43)26(40)20(29)22(37)18(16)21(15)36/h11,24,36-37,39,43H,8-10,12-14H2,1-7H3,(H2,32,41)(H,33,42)/t24-,29+,30+,31-/m1/s1. The van der Waals surface area contributed by atoms with Crippen LogP contribution in [0, 0.1) is 10.8 Å². The molecule has 0 heterocycles. The van der Waals surface area contributed by atoms with Gasteiger partial charge < -0.3 is 41.1 Å². The van der Waals surface area contributed by atoms with Crippen LogP contribution in [0.1, 0.15) is 56.7 Å². The van der Waals surface area contributed by atoms with E-state index in [4.69, 9.17) is 10.5 Å². The number of benzene rings is 1. The Morgan fingerprint density at radius 3 is 2.32 bits per heavy atom. The third-order valence-electron chi connectivity index (χ3n) is 9.32. The zero-order valence-electron chi connectivity index (χ0n) is 26.2. The van der Waals surface area contributed by atoms with E-state index in [0.29, 0.717) is 17.7 Å². The van der Waals surface area contributed by atoms with Gasteiger partial charge in [0, 0.05) is 48.3 Å². The number of carbonyl (C=O) groups excluding carboxylic acids is 4. The maximum Gasteiger partial charge on any atom is 0.407 e. The van der Waals surface area contributed by atoms with Crippen LogP contribution in [0.3, 0.4) is 0 Å². The zero-order valence-corrected chi connectivity index (χ0v) is 26.2. The number of Topliss-reactive ketones (excluding diaryl/α,β-unsaturated/α-hetero) is 2. The van der Waals surface area contributed by atoms with Gasteiger partial charge in [0.05, 0.1) is 18.2 Å². The van der Waals surface area contributed by atoms with E-state index < -0.39 is 63.1 Å². The van der Waals surface area contributed by atoms with Crippen LogP contribution in [-0.4, -0.2) is 95.3 Å². The van der Waals surface area contributed by atoms with E-state index in [2.05, 4.69) is 5.32 Å². The van der Waals surface area contributed by atoms with Crippen molar-refractivity contribution in [2.45, 2.75) is 64.6 Å². The lowest BCUT2D eigenvalue weighted by atomic mass is 9.46. The van der Waals surface area contributed by atoms with Gasteiger partial charge in [0.25, 0.3) is 5.91 Å². The number of nitrogens with zero attached hydrogens (tertiary/aromatic N) is 2. The highest BCUT2D eigenvalue weighted by Gasteiger charge is 2.72. The molecule has 44 heavy (non-hydrogen) atoms. The van der Waals surface area contributed by atoms with Gasteiger partial charge in [-0.3, -0.25) is 19.3 Å². The molecule has 1 aromatic rings. The third-order valence-corrected chi connectivity index (χ3v) is 9.32. The molecular weight excluding hydrogens is 572 g/mol. The van der Waals surface area contributed by atoms with Gasteiger partial charge in [0.15, 0.2) is 11.4 Å². The van der Waals surface area contributed by atoms with Crippen molar-refractivity contribution in [1.82, 2.24) is 10.2 Å². The van der Waals surface area contributed by atoms with E-state index >= 15 is 0 Å². The number of rotatable bonds is 8. The number of phenolic OH excluding ortho intramolecular Hbond substituents is 1. The Balaban J connectivity index is 1.94. The van der Waals surface area contributed by atoms with Gasteiger partial charge in [-0.05, 0) is 45.0 Å². The van der Waals surface area contributed by atoms with Gasteiger partial charge >= 0.3 is 6.09 Å². The fraction of sp³-hybridized carbons (Fsp3) is 0.548. The maximum absolute atomic E-state index is 14.4. The summed E-state index contributed by atoms with van der Waals surface area (Å²) in [5, 5.41) is 49.2. The molecule has 2 amide bonds. The first-order valence-electron chi connectivity index (χ1n) is 14.5. The normalized spacial score (nSPS) is 28.0. The number of ether oxygens (including phenoxy) is 1. The number of anilines is 1. The Hall–Kier alpha value is -4.10. The molecule has 1 saturated carbocycles. The average Bonchev–Trinajstić information content (AvgIpc) is 2.89. The molecule has 4 rings (SSSR count). The topological polar surface area (TPSA) is 203 Å². The quantitative estimate of drug-likeness (QED) is 0.184. The molecule has 0 aromatic heterocycles. The fourth-order valence-electron chi connectivity index (χ4n) is 7.49. The highest BCUT2D eigenvalue weighted by Crippen LogP contribution is 2.63. The Kier molecular flexibility index (Phi) is 8.29. The Morgan fingerprint density at radius 1 is 1.14 bits per heavy atom. The number of amides is 2. The summed E-state index contributed by atoms with van der Waals surface area (Å²) in [6, 6.07) is 0.440. The van der Waals surface area contributed by atoms with Crippen LogP contribution < -0.4 is 16.0 Å². The highest BCUT2D eigenvalue weighted by atomic mass is 16.5. The number of nitrogens with one attached hydrogen (secondary N) is 1. The van der Waals surface area contributed by atoms with Crippen molar-refractivity contribution in [2.24, 2.45) is 16.6 Å². The van der Waals surface area contributed by atoms with E-state index in [0.717, 1.165) is 6.42 Å². The molecule has 13 heteroatoms. The number of fused-ring (bicyclic) bond motifs is 3. The number of phenols is 1. The van der Waals surface area contributed by atoms with Gasteiger partial charge in [-0.25, -0.2) is 4.79 Å². The second-order valence-corrected chi connectivity index (χ2v) is 12.9. The zero-order chi connectivity index (χ0) is 33.1. The maximum atomic E-state index is 14.4. The summed E-state index contributed by atoms with van der Waals surface area (Å²) < 4.78 is 5.13. The van der Waals surface area contributed by atoms with Crippen molar-refractivity contribution in [1.29, 1.82) is 0 Å². The molecule has 0 bridgehead atoms. The summed E-state index contributed by atoms with van der Waals surface area (Å²) in [6.07, 6.45) is 0.877. The summed E-state index contributed by atoms with van der Waals surface area (Å²) in [7, 11) is 6.64. The third kappa shape index (κ3) is 4.60. The number of hydrogen-bond acceptors (Lipinski definition) is 11. The first-order valence-corrected chi connectivity index (χ1v) is 14.5. The minimum absolute atomic E-state index is 0.0602. The average molecular weight is 615 g/mol. The molecule has 0 radical (unpaired) electrons. The number of likely N-dealkylation sites (N-methyl/N-ethyl adjacent to an activating group) is 1. The lowest BCUT2D eigenvalue weighted by Gasteiger charge is -2.59. The van der Waals surface area contributed by atoms with Crippen molar-refractivity contribution >= 4 is 35.0 Å². The second-order valence-electron chi connectivity index (χ2n) is 12.9.